The molecule has 1 unspecified atom stereocenters. The van der Waals surface area contributed by atoms with E-state index in [4.69, 9.17) is 5.26 Å². The van der Waals surface area contributed by atoms with Crippen molar-refractivity contribution in [1.29, 1.82) is 5.26 Å². The van der Waals surface area contributed by atoms with E-state index >= 15 is 0 Å². The maximum absolute atomic E-state index is 13.0. The molecule has 1 aromatic carbocycles. The fourth-order valence-corrected chi connectivity index (χ4v) is 3.70. The molecule has 1 saturated heterocycles. The normalized spacial score (nSPS) is 14.0. The molecule has 31 heavy (non-hydrogen) atoms. The Morgan fingerprint density at radius 1 is 1.23 bits per heavy atom. The summed E-state index contributed by atoms with van der Waals surface area (Å²) in [5, 5.41) is 14.8. The number of aryl methyl sites for hydroxylation is 1. The summed E-state index contributed by atoms with van der Waals surface area (Å²) in [5.74, 6) is -0.666. The summed E-state index contributed by atoms with van der Waals surface area (Å²) < 4.78 is 0. The van der Waals surface area contributed by atoms with E-state index in [1.54, 1.807) is 13.0 Å². The van der Waals surface area contributed by atoms with Crippen LogP contribution in [0.4, 0.5) is 11.4 Å². The molecule has 2 aromatic rings. The van der Waals surface area contributed by atoms with Crippen LogP contribution in [0.15, 0.2) is 36.4 Å². The second kappa shape index (κ2) is 10.6. The van der Waals surface area contributed by atoms with Crippen molar-refractivity contribution in [2.24, 2.45) is 0 Å². The number of pyridine rings is 1. The van der Waals surface area contributed by atoms with Gasteiger partial charge in [-0.3, -0.25) is 9.59 Å². The number of unbranched alkanes of at least 4 members (excludes halogenated alkanes) is 1. The van der Waals surface area contributed by atoms with Gasteiger partial charge in [-0.1, -0.05) is 25.8 Å². The van der Waals surface area contributed by atoms with Crippen LogP contribution in [0.1, 0.15) is 60.8 Å². The Bertz CT molecular complexity index is 976. The highest BCUT2D eigenvalue weighted by atomic mass is 16.2. The molecule has 162 valence electrons. The van der Waals surface area contributed by atoms with Crippen LogP contribution in [-0.4, -0.2) is 35.9 Å². The van der Waals surface area contributed by atoms with Gasteiger partial charge in [-0.2, -0.15) is 5.26 Å². The summed E-state index contributed by atoms with van der Waals surface area (Å²) in [7, 11) is 0. The first-order valence-electron chi connectivity index (χ1n) is 10.9. The smallest absolute Gasteiger partial charge is 0.270 e. The monoisotopic (exact) mass is 419 g/mol. The lowest BCUT2D eigenvalue weighted by Crippen LogP contribution is -2.44. The van der Waals surface area contributed by atoms with Crippen molar-refractivity contribution in [2.75, 3.05) is 23.3 Å². The minimum absolute atomic E-state index is 0.196. The van der Waals surface area contributed by atoms with Crippen molar-refractivity contribution < 1.29 is 9.59 Å². The highest BCUT2D eigenvalue weighted by Gasteiger charge is 2.22. The molecule has 2 amide bonds. The Hall–Kier alpha value is -3.40. The van der Waals surface area contributed by atoms with Gasteiger partial charge in [0.1, 0.15) is 17.8 Å². The van der Waals surface area contributed by atoms with Gasteiger partial charge >= 0.3 is 0 Å². The maximum atomic E-state index is 13.0. The van der Waals surface area contributed by atoms with Gasteiger partial charge in [0.25, 0.3) is 5.91 Å². The number of nitrogens with one attached hydrogen (secondary N) is 2. The number of amides is 2. The van der Waals surface area contributed by atoms with Gasteiger partial charge in [0.05, 0.1) is 11.3 Å². The van der Waals surface area contributed by atoms with Gasteiger partial charge in [-0.05, 0) is 56.5 Å². The number of rotatable bonds is 8. The van der Waals surface area contributed by atoms with E-state index in [1.165, 1.54) is 18.9 Å². The predicted octanol–water partition coefficient (Wildman–Crippen LogP) is 3.79. The van der Waals surface area contributed by atoms with Gasteiger partial charge < -0.3 is 15.5 Å². The van der Waals surface area contributed by atoms with Gasteiger partial charge in [0, 0.05) is 24.5 Å². The minimum atomic E-state index is -0.666. The first kappa shape index (κ1) is 22.3. The zero-order valence-corrected chi connectivity index (χ0v) is 18.1. The van der Waals surface area contributed by atoms with Gasteiger partial charge in [0.15, 0.2) is 0 Å². The van der Waals surface area contributed by atoms with Crippen LogP contribution >= 0.6 is 0 Å². The highest BCUT2D eigenvalue weighted by Crippen LogP contribution is 2.23. The van der Waals surface area contributed by atoms with Crippen molar-refractivity contribution in [2.45, 2.75) is 52.0 Å². The zero-order valence-electron chi connectivity index (χ0n) is 18.1. The molecule has 1 aliphatic rings. The molecule has 2 N–H and O–H groups in total. The van der Waals surface area contributed by atoms with E-state index in [0.29, 0.717) is 17.7 Å². The van der Waals surface area contributed by atoms with E-state index in [9.17, 15) is 9.59 Å². The van der Waals surface area contributed by atoms with Crippen LogP contribution in [0.3, 0.4) is 0 Å². The zero-order chi connectivity index (χ0) is 22.2. The van der Waals surface area contributed by atoms with E-state index < -0.39 is 11.9 Å². The van der Waals surface area contributed by atoms with Crippen molar-refractivity contribution in [3.05, 3.63) is 53.3 Å². The van der Waals surface area contributed by atoms with Crippen LogP contribution < -0.4 is 15.5 Å². The second-order valence-corrected chi connectivity index (χ2v) is 7.84. The summed E-state index contributed by atoms with van der Waals surface area (Å²) in [6.45, 7) is 5.79. The number of carbonyl (C=O) groups excluding carboxylic acids is 2. The summed E-state index contributed by atoms with van der Waals surface area (Å²) in [6.07, 6.45) is 4.63. The van der Waals surface area contributed by atoms with Gasteiger partial charge in [-0.25, -0.2) is 4.98 Å². The minimum Gasteiger partial charge on any atom is -0.371 e. The van der Waals surface area contributed by atoms with Gasteiger partial charge in [-0.15, -0.1) is 0 Å². The summed E-state index contributed by atoms with van der Waals surface area (Å²) >= 11 is 0. The lowest BCUT2D eigenvalue weighted by Gasteiger charge is -2.20. The van der Waals surface area contributed by atoms with Crippen LogP contribution in [0.25, 0.3) is 0 Å². The lowest BCUT2D eigenvalue weighted by atomic mass is 10.1. The third-order valence-electron chi connectivity index (χ3n) is 5.49. The lowest BCUT2D eigenvalue weighted by molar-refractivity contribution is -0.118. The first-order valence-corrected chi connectivity index (χ1v) is 10.9. The molecule has 1 aromatic heterocycles. The number of nitriles is 1. The van der Waals surface area contributed by atoms with Gasteiger partial charge in [0.2, 0.25) is 5.91 Å². The molecular formula is C24H29N5O2. The standard InChI is InChI=1S/C24H29N5O2/c1-3-4-10-21(28-24(31)22-12-11-18(16-25)17(2)26-22)23(30)27-19-8-7-9-20(15-19)29-13-5-6-14-29/h7-9,11-12,15,21H,3-6,10,13-14H2,1-2H3,(H,27,30)(H,28,31). The molecule has 1 atom stereocenters. The topological polar surface area (TPSA) is 98.1 Å². The molecule has 0 aliphatic carbocycles. The Kier molecular flexibility index (Phi) is 7.60. The van der Waals surface area contributed by atoms with Crippen molar-refractivity contribution in [3.8, 4) is 6.07 Å². The summed E-state index contributed by atoms with van der Waals surface area (Å²) in [4.78, 5) is 32.2. The van der Waals surface area contributed by atoms with E-state index in [-0.39, 0.29) is 11.6 Å². The summed E-state index contributed by atoms with van der Waals surface area (Å²) in [5.41, 5.74) is 2.93. The average molecular weight is 420 g/mol. The third kappa shape index (κ3) is 5.82. The maximum Gasteiger partial charge on any atom is 0.270 e. The molecule has 0 radical (unpaired) electrons. The molecule has 3 rings (SSSR count). The van der Waals surface area contributed by atoms with E-state index in [2.05, 4.69) is 26.6 Å². The van der Waals surface area contributed by atoms with Crippen molar-refractivity contribution in [3.63, 3.8) is 0 Å². The number of aromatic nitrogens is 1. The number of hydrogen-bond acceptors (Lipinski definition) is 5. The fraction of sp³-hybridized carbons (Fsp3) is 0.417. The van der Waals surface area contributed by atoms with Crippen LogP contribution in [0, 0.1) is 18.3 Å². The number of benzene rings is 1. The molecular weight excluding hydrogens is 390 g/mol. The van der Waals surface area contributed by atoms with Crippen LogP contribution in [-0.2, 0) is 4.79 Å². The largest absolute Gasteiger partial charge is 0.371 e. The summed E-state index contributed by atoms with van der Waals surface area (Å²) in [6, 6.07) is 12.3. The number of hydrogen-bond donors (Lipinski definition) is 2. The number of anilines is 2. The first-order chi connectivity index (χ1) is 15.0. The quantitative estimate of drug-likeness (QED) is 0.678. The SMILES string of the molecule is CCCCC(NC(=O)c1ccc(C#N)c(C)n1)C(=O)Nc1cccc(N2CCCC2)c1. The number of nitrogens with zero attached hydrogens (tertiary/aromatic N) is 3. The molecule has 0 saturated carbocycles. The average Bonchev–Trinajstić information content (AvgIpc) is 3.31. The fourth-order valence-electron chi connectivity index (χ4n) is 3.70. The predicted molar refractivity (Wildman–Crippen MR) is 121 cm³/mol. The second-order valence-electron chi connectivity index (χ2n) is 7.84. The molecule has 0 bridgehead atoms. The molecule has 1 aliphatic heterocycles. The third-order valence-corrected chi connectivity index (χ3v) is 5.49. The van der Waals surface area contributed by atoms with E-state index in [0.717, 1.165) is 37.3 Å². The van der Waals surface area contributed by atoms with Crippen molar-refractivity contribution >= 4 is 23.2 Å². The molecule has 2 heterocycles. The Morgan fingerprint density at radius 3 is 2.68 bits per heavy atom. The Labute approximate surface area is 183 Å². The highest BCUT2D eigenvalue weighted by molar-refractivity contribution is 6.00. The van der Waals surface area contributed by atoms with Crippen LogP contribution in [0.2, 0.25) is 0 Å². The Balaban J connectivity index is 1.70. The molecule has 7 nitrogen and oxygen atoms in total. The van der Waals surface area contributed by atoms with E-state index in [1.807, 2.05) is 31.2 Å². The number of carbonyl (C=O) groups is 2. The van der Waals surface area contributed by atoms with Crippen molar-refractivity contribution in [1.82, 2.24) is 10.3 Å². The molecule has 7 heteroatoms. The molecule has 1 fully saturated rings. The van der Waals surface area contributed by atoms with Crippen LogP contribution in [0.5, 0.6) is 0 Å². The molecule has 0 spiro atoms. The Morgan fingerprint density at radius 2 is 2.00 bits per heavy atom.